The lowest BCUT2D eigenvalue weighted by Gasteiger charge is -2.15. The molecule has 0 atom stereocenters. The summed E-state index contributed by atoms with van der Waals surface area (Å²) < 4.78 is 0. The predicted molar refractivity (Wildman–Crippen MR) is 89.4 cm³/mol. The number of nitrogens with one attached hydrogen (secondary N) is 1. The van der Waals surface area contributed by atoms with Gasteiger partial charge in [-0.25, -0.2) is 0 Å². The molecule has 1 aliphatic heterocycles. The van der Waals surface area contributed by atoms with Crippen molar-refractivity contribution in [3.63, 3.8) is 0 Å². The molecule has 0 aliphatic carbocycles. The number of benzene rings is 1. The van der Waals surface area contributed by atoms with Crippen molar-refractivity contribution in [3.05, 3.63) is 41.1 Å². The zero-order valence-electron chi connectivity index (χ0n) is 13.6. The second kappa shape index (κ2) is 6.36. The molecular formula is C18H21N3O2. The summed E-state index contributed by atoms with van der Waals surface area (Å²) in [6, 6.07) is 7.81. The van der Waals surface area contributed by atoms with Crippen LogP contribution in [0, 0.1) is 13.8 Å². The average molecular weight is 311 g/mol. The van der Waals surface area contributed by atoms with Crippen molar-refractivity contribution in [2.75, 3.05) is 19.6 Å². The Morgan fingerprint density at radius 3 is 2.65 bits per heavy atom. The van der Waals surface area contributed by atoms with Crippen LogP contribution >= 0.6 is 0 Å². The third-order valence-electron chi connectivity index (χ3n) is 4.26. The first kappa shape index (κ1) is 15.5. The third-order valence-corrected chi connectivity index (χ3v) is 4.26. The largest absolute Gasteiger partial charge is 0.343 e. The van der Waals surface area contributed by atoms with E-state index in [0.717, 1.165) is 42.4 Å². The fourth-order valence-corrected chi connectivity index (χ4v) is 2.95. The molecule has 0 spiro atoms. The second-order valence-electron chi connectivity index (χ2n) is 6.09. The monoisotopic (exact) mass is 311 g/mol. The molecule has 5 nitrogen and oxygen atoms in total. The number of amides is 2. The van der Waals surface area contributed by atoms with Crippen LogP contribution in [0.15, 0.2) is 24.3 Å². The highest BCUT2D eigenvalue weighted by Gasteiger charge is 2.19. The molecule has 1 aromatic carbocycles. The normalized spacial score (nSPS) is 14.3. The second-order valence-corrected chi connectivity index (χ2v) is 6.09. The molecule has 2 heterocycles. The standard InChI is InChI=1S/C18H21N3O2/c1-12-5-6-16-14(9-12)10-15(13(2)20-16)18(23)19-11-17(22)21-7-3-4-8-21/h5-6,9-10H,3-4,7-8,11H2,1-2H3,(H,19,23). The zero-order chi connectivity index (χ0) is 16.4. The van der Waals surface area contributed by atoms with Gasteiger partial charge in [-0.1, -0.05) is 11.6 Å². The quantitative estimate of drug-likeness (QED) is 0.945. The Kier molecular flexibility index (Phi) is 4.28. The van der Waals surface area contributed by atoms with Gasteiger partial charge in [0, 0.05) is 18.5 Å². The van der Waals surface area contributed by atoms with E-state index in [9.17, 15) is 9.59 Å². The number of likely N-dealkylation sites (tertiary alicyclic amines) is 1. The molecule has 0 unspecified atom stereocenters. The molecule has 0 bridgehead atoms. The minimum atomic E-state index is -0.244. The maximum atomic E-state index is 12.4. The van der Waals surface area contributed by atoms with Crippen LogP contribution in [0.5, 0.6) is 0 Å². The lowest BCUT2D eigenvalue weighted by molar-refractivity contribution is -0.129. The molecule has 2 aromatic rings. The molecule has 2 amide bonds. The van der Waals surface area contributed by atoms with Crippen LogP contribution in [0.3, 0.4) is 0 Å². The first-order valence-corrected chi connectivity index (χ1v) is 7.98. The van der Waals surface area contributed by atoms with Gasteiger partial charge in [0.25, 0.3) is 5.91 Å². The van der Waals surface area contributed by atoms with Gasteiger partial charge in [0.05, 0.1) is 23.3 Å². The lowest BCUT2D eigenvalue weighted by atomic mass is 10.1. The Hall–Kier alpha value is -2.43. The van der Waals surface area contributed by atoms with E-state index in [1.165, 1.54) is 0 Å². The zero-order valence-corrected chi connectivity index (χ0v) is 13.6. The van der Waals surface area contributed by atoms with Crippen LogP contribution in [-0.2, 0) is 4.79 Å². The topological polar surface area (TPSA) is 62.3 Å². The molecule has 1 N–H and O–H groups in total. The number of rotatable bonds is 3. The van der Waals surface area contributed by atoms with Crippen molar-refractivity contribution in [1.29, 1.82) is 0 Å². The molecule has 1 aliphatic rings. The number of carbonyl (C=O) groups excluding carboxylic acids is 2. The highest BCUT2D eigenvalue weighted by molar-refractivity contribution is 6.00. The highest BCUT2D eigenvalue weighted by Crippen LogP contribution is 2.18. The Labute approximate surface area is 135 Å². The number of aromatic nitrogens is 1. The van der Waals surface area contributed by atoms with Crippen molar-refractivity contribution in [3.8, 4) is 0 Å². The van der Waals surface area contributed by atoms with Gasteiger partial charge >= 0.3 is 0 Å². The van der Waals surface area contributed by atoms with Crippen LogP contribution < -0.4 is 5.32 Å². The third kappa shape index (κ3) is 3.33. The van der Waals surface area contributed by atoms with E-state index in [-0.39, 0.29) is 18.4 Å². The molecule has 0 radical (unpaired) electrons. The Balaban J connectivity index is 1.74. The smallest absolute Gasteiger partial charge is 0.253 e. The summed E-state index contributed by atoms with van der Waals surface area (Å²) >= 11 is 0. The molecule has 1 fully saturated rings. The summed E-state index contributed by atoms with van der Waals surface area (Å²) in [6.07, 6.45) is 2.10. The summed E-state index contributed by atoms with van der Waals surface area (Å²) in [6.45, 7) is 5.46. The van der Waals surface area contributed by atoms with E-state index >= 15 is 0 Å². The van der Waals surface area contributed by atoms with Crippen LogP contribution in [0.2, 0.25) is 0 Å². The van der Waals surface area contributed by atoms with Gasteiger partial charge in [-0.05, 0) is 44.9 Å². The first-order chi connectivity index (χ1) is 11.0. The van der Waals surface area contributed by atoms with E-state index in [2.05, 4.69) is 10.3 Å². The lowest BCUT2D eigenvalue weighted by Crippen LogP contribution is -2.38. The number of nitrogens with zero attached hydrogens (tertiary/aromatic N) is 2. The number of hydrogen-bond acceptors (Lipinski definition) is 3. The number of aryl methyl sites for hydroxylation is 2. The summed E-state index contributed by atoms with van der Waals surface area (Å²) in [5, 5.41) is 3.66. The maximum Gasteiger partial charge on any atom is 0.253 e. The minimum absolute atomic E-state index is 0.0157. The summed E-state index contributed by atoms with van der Waals surface area (Å²) in [5.74, 6) is -0.260. The molecule has 120 valence electrons. The Morgan fingerprint density at radius 2 is 1.91 bits per heavy atom. The van der Waals surface area contributed by atoms with Gasteiger partial charge in [0.15, 0.2) is 0 Å². The molecule has 23 heavy (non-hydrogen) atoms. The number of pyridine rings is 1. The number of carbonyl (C=O) groups is 2. The van der Waals surface area contributed by atoms with Crippen LogP contribution in [0.1, 0.15) is 34.5 Å². The van der Waals surface area contributed by atoms with Crippen molar-refractivity contribution in [1.82, 2.24) is 15.2 Å². The first-order valence-electron chi connectivity index (χ1n) is 7.98. The van der Waals surface area contributed by atoms with Gasteiger partial charge in [-0.15, -0.1) is 0 Å². The van der Waals surface area contributed by atoms with Gasteiger partial charge in [0.2, 0.25) is 5.91 Å². The molecule has 1 aromatic heterocycles. The number of hydrogen-bond donors (Lipinski definition) is 1. The van der Waals surface area contributed by atoms with Gasteiger partial charge in [-0.3, -0.25) is 14.6 Å². The van der Waals surface area contributed by atoms with Crippen LogP contribution in [0.4, 0.5) is 0 Å². The Morgan fingerprint density at radius 1 is 1.17 bits per heavy atom. The predicted octanol–water partition coefficient (Wildman–Crippen LogP) is 2.20. The van der Waals surface area contributed by atoms with Crippen LogP contribution in [0.25, 0.3) is 10.9 Å². The van der Waals surface area contributed by atoms with Gasteiger partial charge in [0.1, 0.15) is 0 Å². The minimum Gasteiger partial charge on any atom is -0.343 e. The Bertz CT molecular complexity index is 764. The van der Waals surface area contributed by atoms with Gasteiger partial charge in [-0.2, -0.15) is 0 Å². The van der Waals surface area contributed by atoms with E-state index in [1.807, 2.05) is 38.1 Å². The van der Waals surface area contributed by atoms with Crippen molar-refractivity contribution >= 4 is 22.7 Å². The van der Waals surface area contributed by atoms with Crippen molar-refractivity contribution in [2.45, 2.75) is 26.7 Å². The fourth-order valence-electron chi connectivity index (χ4n) is 2.95. The summed E-state index contributed by atoms with van der Waals surface area (Å²) in [5.41, 5.74) is 3.20. The molecule has 1 saturated heterocycles. The SMILES string of the molecule is Cc1ccc2nc(C)c(C(=O)NCC(=O)N3CCCC3)cc2c1. The number of fused-ring (bicyclic) bond motifs is 1. The summed E-state index contributed by atoms with van der Waals surface area (Å²) in [4.78, 5) is 30.7. The van der Waals surface area contributed by atoms with Crippen molar-refractivity contribution < 1.29 is 9.59 Å². The van der Waals surface area contributed by atoms with Crippen LogP contribution in [-0.4, -0.2) is 41.3 Å². The highest BCUT2D eigenvalue weighted by atomic mass is 16.2. The fraction of sp³-hybridized carbons (Fsp3) is 0.389. The van der Waals surface area contributed by atoms with E-state index in [1.54, 1.807) is 4.90 Å². The maximum absolute atomic E-state index is 12.4. The molecule has 0 saturated carbocycles. The van der Waals surface area contributed by atoms with E-state index in [0.29, 0.717) is 11.3 Å². The van der Waals surface area contributed by atoms with Gasteiger partial charge < -0.3 is 10.2 Å². The van der Waals surface area contributed by atoms with Crippen molar-refractivity contribution in [2.24, 2.45) is 0 Å². The molecular weight excluding hydrogens is 290 g/mol. The molecule has 5 heteroatoms. The molecule has 3 rings (SSSR count). The summed E-state index contributed by atoms with van der Waals surface area (Å²) in [7, 11) is 0. The van der Waals surface area contributed by atoms with E-state index < -0.39 is 0 Å². The average Bonchev–Trinajstić information content (AvgIpc) is 3.06. The van der Waals surface area contributed by atoms with E-state index in [4.69, 9.17) is 0 Å².